The van der Waals surface area contributed by atoms with Gasteiger partial charge in [0.05, 0.1) is 17.4 Å². The molecule has 1 aliphatic rings. The molecule has 36 heavy (non-hydrogen) atoms. The number of anilines is 1. The van der Waals surface area contributed by atoms with Crippen LogP contribution in [0.1, 0.15) is 60.6 Å². The summed E-state index contributed by atoms with van der Waals surface area (Å²) in [5.41, 5.74) is 4.64. The fourth-order valence-electron chi connectivity index (χ4n) is 4.72. The molecule has 1 aromatic carbocycles. The van der Waals surface area contributed by atoms with Crippen LogP contribution in [-0.2, 0) is 0 Å². The summed E-state index contributed by atoms with van der Waals surface area (Å²) in [7, 11) is 0. The van der Waals surface area contributed by atoms with Crippen molar-refractivity contribution >= 4 is 11.6 Å². The lowest BCUT2D eigenvalue weighted by Crippen LogP contribution is -2.39. The van der Waals surface area contributed by atoms with Gasteiger partial charge in [0.15, 0.2) is 0 Å². The van der Waals surface area contributed by atoms with Crippen molar-refractivity contribution in [1.82, 2.24) is 9.97 Å². The van der Waals surface area contributed by atoms with Crippen molar-refractivity contribution in [3.63, 3.8) is 0 Å². The third-order valence-corrected chi connectivity index (χ3v) is 6.96. The average molecular weight is 505 g/mol. The monoisotopic (exact) mass is 504 g/mol. The highest BCUT2D eigenvalue weighted by molar-refractivity contribution is 6.03. The lowest BCUT2D eigenvalue weighted by Gasteiger charge is -2.37. The number of halogens is 5. The molecule has 2 heterocycles. The molecule has 0 saturated heterocycles. The molecule has 0 radical (unpaired) electrons. The van der Waals surface area contributed by atoms with E-state index >= 15 is 0 Å². The molecule has 4 atom stereocenters. The molecule has 10 heteroatoms. The fourth-order valence-corrected chi connectivity index (χ4v) is 4.72. The van der Waals surface area contributed by atoms with Crippen molar-refractivity contribution in [3.8, 4) is 11.3 Å². The van der Waals surface area contributed by atoms with Gasteiger partial charge in [0.25, 0.3) is 12.3 Å². The quantitative estimate of drug-likeness (QED) is 0.404. The first-order valence-electron chi connectivity index (χ1n) is 11.5. The topological polar surface area (TPSA) is 80.9 Å². The minimum atomic E-state index is -3.11. The second-order valence-corrected chi connectivity index (χ2v) is 9.27. The Hall–Kier alpha value is -3.40. The second kappa shape index (κ2) is 10.3. The number of nitrogens with one attached hydrogen (secondary N) is 1. The number of carbonyl (C=O) groups excluding carboxylic acids is 1. The van der Waals surface area contributed by atoms with Crippen LogP contribution in [0.5, 0.6) is 0 Å². The summed E-state index contributed by atoms with van der Waals surface area (Å²) in [6, 6.07) is 4.52. The molecule has 0 spiro atoms. The van der Waals surface area contributed by atoms with E-state index in [0.717, 1.165) is 30.5 Å². The predicted molar refractivity (Wildman–Crippen MR) is 125 cm³/mol. The molecular formula is C26H25F5N4O. The first kappa shape index (κ1) is 25.7. The Kier molecular flexibility index (Phi) is 7.35. The average Bonchev–Trinajstić information content (AvgIpc) is 2.83. The maximum absolute atomic E-state index is 14.5. The number of nitrogens with two attached hydrogens (primary N) is 1. The minimum Gasteiger partial charge on any atom is -0.327 e. The SMILES string of the molecule is CC1CC(c2ccncc2NC(=O)c2ccc(F)c(-c3c(F)cc(C(F)F)cc3F)n2)CC(N)C1C. The summed E-state index contributed by atoms with van der Waals surface area (Å²) < 4.78 is 69.1. The molecule has 4 rings (SSSR count). The smallest absolute Gasteiger partial charge is 0.274 e. The number of alkyl halides is 2. The van der Waals surface area contributed by atoms with Crippen LogP contribution in [0.2, 0.25) is 0 Å². The minimum absolute atomic E-state index is 0.00181. The van der Waals surface area contributed by atoms with Gasteiger partial charge in [-0.15, -0.1) is 0 Å². The maximum Gasteiger partial charge on any atom is 0.274 e. The molecule has 1 aliphatic carbocycles. The Morgan fingerprint density at radius 3 is 2.39 bits per heavy atom. The second-order valence-electron chi connectivity index (χ2n) is 9.27. The lowest BCUT2D eigenvalue weighted by atomic mass is 9.71. The van der Waals surface area contributed by atoms with E-state index in [4.69, 9.17) is 5.73 Å². The summed E-state index contributed by atoms with van der Waals surface area (Å²) in [5.74, 6) is -3.89. The molecule has 1 fully saturated rings. The van der Waals surface area contributed by atoms with E-state index in [1.165, 1.54) is 6.20 Å². The molecule has 1 amide bonds. The van der Waals surface area contributed by atoms with E-state index in [1.807, 2.05) is 0 Å². The highest BCUT2D eigenvalue weighted by Crippen LogP contribution is 2.41. The summed E-state index contributed by atoms with van der Waals surface area (Å²) >= 11 is 0. The molecule has 3 N–H and O–H groups in total. The van der Waals surface area contributed by atoms with Crippen molar-refractivity contribution in [1.29, 1.82) is 0 Å². The van der Waals surface area contributed by atoms with Gasteiger partial charge in [0.1, 0.15) is 28.8 Å². The summed E-state index contributed by atoms with van der Waals surface area (Å²) in [6.07, 6.45) is 1.57. The van der Waals surface area contributed by atoms with Gasteiger partial charge in [-0.05, 0) is 66.5 Å². The summed E-state index contributed by atoms with van der Waals surface area (Å²) in [5, 5.41) is 2.70. The van der Waals surface area contributed by atoms with Crippen LogP contribution in [0.4, 0.5) is 27.6 Å². The van der Waals surface area contributed by atoms with E-state index < -0.39 is 46.6 Å². The molecule has 2 aromatic heterocycles. The fraction of sp³-hybridized carbons (Fsp3) is 0.346. The number of rotatable bonds is 5. The first-order chi connectivity index (χ1) is 17.1. The summed E-state index contributed by atoms with van der Waals surface area (Å²) in [4.78, 5) is 20.9. The zero-order valence-corrected chi connectivity index (χ0v) is 19.6. The van der Waals surface area contributed by atoms with Crippen LogP contribution in [0.25, 0.3) is 11.3 Å². The van der Waals surface area contributed by atoms with Crippen LogP contribution >= 0.6 is 0 Å². The number of amides is 1. The van der Waals surface area contributed by atoms with Gasteiger partial charge in [-0.2, -0.15) is 0 Å². The molecular weight excluding hydrogens is 479 g/mol. The van der Waals surface area contributed by atoms with Gasteiger partial charge in [0.2, 0.25) is 0 Å². The molecule has 5 nitrogen and oxygen atoms in total. The van der Waals surface area contributed by atoms with Gasteiger partial charge < -0.3 is 11.1 Å². The normalized spacial score (nSPS) is 22.0. The first-order valence-corrected chi connectivity index (χ1v) is 11.5. The highest BCUT2D eigenvalue weighted by atomic mass is 19.3. The number of hydrogen-bond donors (Lipinski definition) is 2. The Morgan fingerprint density at radius 2 is 1.75 bits per heavy atom. The van der Waals surface area contributed by atoms with Crippen molar-refractivity contribution in [2.24, 2.45) is 17.6 Å². The molecule has 3 aromatic rings. The van der Waals surface area contributed by atoms with Crippen LogP contribution < -0.4 is 11.1 Å². The largest absolute Gasteiger partial charge is 0.327 e. The Bertz CT molecular complexity index is 1250. The van der Waals surface area contributed by atoms with E-state index in [2.05, 4.69) is 29.1 Å². The van der Waals surface area contributed by atoms with Gasteiger partial charge in [0, 0.05) is 17.8 Å². The van der Waals surface area contributed by atoms with E-state index in [-0.39, 0.29) is 17.7 Å². The van der Waals surface area contributed by atoms with Gasteiger partial charge >= 0.3 is 0 Å². The van der Waals surface area contributed by atoms with E-state index in [1.54, 1.807) is 12.3 Å². The number of aromatic nitrogens is 2. The number of hydrogen-bond acceptors (Lipinski definition) is 4. The Morgan fingerprint density at radius 1 is 1.06 bits per heavy atom. The third kappa shape index (κ3) is 5.09. The molecule has 190 valence electrons. The van der Waals surface area contributed by atoms with Crippen molar-refractivity contribution in [2.45, 2.75) is 45.1 Å². The van der Waals surface area contributed by atoms with Gasteiger partial charge in [-0.25, -0.2) is 26.9 Å². The summed E-state index contributed by atoms with van der Waals surface area (Å²) in [6.45, 7) is 4.25. The van der Waals surface area contributed by atoms with E-state index in [0.29, 0.717) is 29.7 Å². The van der Waals surface area contributed by atoms with Gasteiger partial charge in [-0.1, -0.05) is 13.8 Å². The van der Waals surface area contributed by atoms with Crippen LogP contribution in [0.15, 0.2) is 42.7 Å². The van der Waals surface area contributed by atoms with E-state index in [9.17, 15) is 26.7 Å². The van der Waals surface area contributed by atoms with Crippen LogP contribution in [0.3, 0.4) is 0 Å². The number of pyridine rings is 2. The van der Waals surface area contributed by atoms with Crippen LogP contribution in [-0.4, -0.2) is 21.9 Å². The van der Waals surface area contributed by atoms with Crippen LogP contribution in [0, 0.1) is 29.3 Å². The van der Waals surface area contributed by atoms with Crippen molar-refractivity contribution in [3.05, 3.63) is 77.0 Å². The Balaban J connectivity index is 1.64. The highest BCUT2D eigenvalue weighted by Gasteiger charge is 2.32. The predicted octanol–water partition coefficient (Wildman–Crippen LogP) is 6.23. The molecule has 0 aliphatic heterocycles. The molecule has 0 bridgehead atoms. The number of carbonyl (C=O) groups is 1. The lowest BCUT2D eigenvalue weighted by molar-refractivity contribution is 0.102. The zero-order valence-electron chi connectivity index (χ0n) is 19.6. The van der Waals surface area contributed by atoms with Crippen molar-refractivity contribution < 1.29 is 26.7 Å². The number of nitrogens with zero attached hydrogens (tertiary/aromatic N) is 2. The zero-order chi connectivity index (χ0) is 26.1. The third-order valence-electron chi connectivity index (χ3n) is 6.96. The van der Waals surface area contributed by atoms with Crippen molar-refractivity contribution in [2.75, 3.05) is 5.32 Å². The molecule has 1 saturated carbocycles. The molecule has 4 unspecified atom stereocenters. The maximum atomic E-state index is 14.5. The standard InChI is InChI=1S/C26H25F5N4O/c1-12-7-14(10-20(32)13(12)2)16-5-6-33-11-22(16)35-26(36)21-4-3-17(27)24(34-21)23-18(28)8-15(25(30)31)9-19(23)29/h3-6,8-9,11-14,20,25H,7,10,32H2,1-2H3,(H,35,36). The number of benzene rings is 1. The Labute approximate surface area is 205 Å². The van der Waals surface area contributed by atoms with Gasteiger partial charge in [-0.3, -0.25) is 9.78 Å².